The van der Waals surface area contributed by atoms with Gasteiger partial charge in [0.1, 0.15) is 17.3 Å². The Morgan fingerprint density at radius 3 is 2.55 bits per heavy atom. The average Bonchev–Trinajstić information content (AvgIpc) is 2.42. The van der Waals surface area contributed by atoms with E-state index < -0.39 is 17.6 Å². The number of carboxylic acids is 1. The zero-order valence-electron chi connectivity index (χ0n) is 11.5. The first-order chi connectivity index (χ1) is 9.51. The summed E-state index contributed by atoms with van der Waals surface area (Å²) in [5.74, 6) is -2.44. The summed E-state index contributed by atoms with van der Waals surface area (Å²) >= 11 is 0. The van der Waals surface area contributed by atoms with E-state index in [9.17, 15) is 13.6 Å². The lowest BCUT2D eigenvalue weighted by molar-refractivity contribution is 0.0696. The molecule has 0 radical (unpaired) electrons. The molecule has 110 valence electrons. The van der Waals surface area contributed by atoms with Gasteiger partial charge in [-0.2, -0.15) is 0 Å². The Kier molecular flexibility index (Phi) is 4.57. The molecule has 0 saturated heterocycles. The highest BCUT2D eigenvalue weighted by molar-refractivity contribution is 5.88. The molecule has 0 amide bonds. The highest BCUT2D eigenvalue weighted by Gasteiger charge is 2.23. The van der Waals surface area contributed by atoms with Crippen molar-refractivity contribution in [1.82, 2.24) is 0 Å². The lowest BCUT2D eigenvalue weighted by Crippen LogP contribution is -2.28. The van der Waals surface area contributed by atoms with E-state index in [0.29, 0.717) is 5.92 Å². The summed E-state index contributed by atoms with van der Waals surface area (Å²) in [4.78, 5) is 10.7. The van der Waals surface area contributed by atoms with E-state index >= 15 is 0 Å². The first kappa shape index (κ1) is 14.8. The van der Waals surface area contributed by atoms with Crippen molar-refractivity contribution in [3.05, 3.63) is 29.3 Å². The van der Waals surface area contributed by atoms with Crippen molar-refractivity contribution in [2.75, 3.05) is 5.32 Å². The van der Waals surface area contributed by atoms with E-state index in [2.05, 4.69) is 12.2 Å². The van der Waals surface area contributed by atoms with Gasteiger partial charge in [0.25, 0.3) is 0 Å². The molecule has 3 nitrogen and oxygen atoms in total. The molecule has 0 spiro atoms. The van der Waals surface area contributed by atoms with Gasteiger partial charge in [-0.1, -0.05) is 26.2 Å². The van der Waals surface area contributed by atoms with Crippen LogP contribution in [0.1, 0.15) is 49.4 Å². The first-order valence-corrected chi connectivity index (χ1v) is 7.00. The van der Waals surface area contributed by atoms with Crippen molar-refractivity contribution >= 4 is 11.7 Å². The molecule has 0 bridgehead atoms. The van der Waals surface area contributed by atoms with Crippen molar-refractivity contribution in [3.8, 4) is 0 Å². The monoisotopic (exact) mass is 283 g/mol. The zero-order chi connectivity index (χ0) is 14.7. The fourth-order valence-corrected chi connectivity index (χ4v) is 2.83. The van der Waals surface area contributed by atoms with Crippen LogP contribution in [0.5, 0.6) is 0 Å². The lowest BCUT2D eigenvalue weighted by atomic mass is 9.84. The molecule has 1 aliphatic rings. The molecule has 2 N–H and O–H groups in total. The van der Waals surface area contributed by atoms with Crippen molar-refractivity contribution in [2.24, 2.45) is 5.92 Å². The topological polar surface area (TPSA) is 49.3 Å². The number of carbonyl (C=O) groups is 1. The van der Waals surface area contributed by atoms with Gasteiger partial charge in [0, 0.05) is 6.04 Å². The minimum atomic E-state index is -1.34. The molecular formula is C15H19F2NO2. The van der Waals surface area contributed by atoms with E-state index in [-0.39, 0.29) is 17.3 Å². The molecular weight excluding hydrogens is 264 g/mol. The van der Waals surface area contributed by atoms with Gasteiger partial charge in [0.2, 0.25) is 0 Å². The Hall–Kier alpha value is -1.65. The van der Waals surface area contributed by atoms with Gasteiger partial charge in [0.15, 0.2) is 0 Å². The van der Waals surface area contributed by atoms with E-state index in [1.807, 2.05) is 0 Å². The number of rotatable bonds is 4. The Labute approximate surface area is 117 Å². The fourth-order valence-electron chi connectivity index (χ4n) is 2.83. The van der Waals surface area contributed by atoms with Crippen LogP contribution in [0.3, 0.4) is 0 Å². The molecule has 2 rings (SSSR count). The van der Waals surface area contributed by atoms with Crippen LogP contribution in [-0.4, -0.2) is 17.1 Å². The van der Waals surface area contributed by atoms with Gasteiger partial charge in [-0.15, -0.1) is 0 Å². The van der Waals surface area contributed by atoms with Crippen LogP contribution in [0.25, 0.3) is 0 Å². The molecule has 1 aromatic carbocycles. The molecule has 20 heavy (non-hydrogen) atoms. The molecule has 1 aliphatic carbocycles. The van der Waals surface area contributed by atoms with E-state index in [0.717, 1.165) is 44.2 Å². The largest absolute Gasteiger partial charge is 0.478 e. The van der Waals surface area contributed by atoms with Crippen LogP contribution < -0.4 is 5.32 Å². The summed E-state index contributed by atoms with van der Waals surface area (Å²) in [5, 5.41) is 11.7. The van der Waals surface area contributed by atoms with Gasteiger partial charge in [0.05, 0.1) is 5.56 Å². The second-order valence-electron chi connectivity index (χ2n) is 5.40. The molecule has 1 fully saturated rings. The third-order valence-corrected chi connectivity index (χ3v) is 4.00. The Balaban J connectivity index is 2.15. The summed E-state index contributed by atoms with van der Waals surface area (Å²) in [6.45, 7) is 2.12. The number of hydrogen-bond donors (Lipinski definition) is 2. The third kappa shape index (κ3) is 3.26. The van der Waals surface area contributed by atoms with E-state index in [1.165, 1.54) is 0 Å². The summed E-state index contributed by atoms with van der Waals surface area (Å²) in [6.07, 6.45) is 5.07. The Morgan fingerprint density at radius 1 is 1.35 bits per heavy atom. The lowest BCUT2D eigenvalue weighted by Gasteiger charge is -2.30. The average molecular weight is 283 g/mol. The molecule has 1 saturated carbocycles. The molecule has 0 heterocycles. The van der Waals surface area contributed by atoms with E-state index in [1.54, 1.807) is 0 Å². The molecule has 2 atom stereocenters. The fraction of sp³-hybridized carbons (Fsp3) is 0.533. The van der Waals surface area contributed by atoms with Crippen LogP contribution in [0.4, 0.5) is 14.5 Å². The maximum atomic E-state index is 13.8. The van der Waals surface area contributed by atoms with Crippen molar-refractivity contribution in [2.45, 2.75) is 45.1 Å². The van der Waals surface area contributed by atoms with Gasteiger partial charge in [-0.25, -0.2) is 13.6 Å². The number of carboxylic acid groups (broad SMARTS) is 1. The summed E-state index contributed by atoms with van der Waals surface area (Å²) in [7, 11) is 0. The van der Waals surface area contributed by atoms with Crippen LogP contribution in [-0.2, 0) is 0 Å². The molecule has 0 aromatic heterocycles. The Bertz CT molecular complexity index is 482. The minimum Gasteiger partial charge on any atom is -0.478 e. The van der Waals surface area contributed by atoms with Crippen molar-refractivity contribution in [3.63, 3.8) is 0 Å². The normalized spacial score (nSPS) is 22.6. The van der Waals surface area contributed by atoms with E-state index in [4.69, 9.17) is 5.11 Å². The maximum Gasteiger partial charge on any atom is 0.335 e. The highest BCUT2D eigenvalue weighted by atomic mass is 19.1. The predicted octanol–water partition coefficient (Wildman–Crippen LogP) is 4.04. The summed E-state index contributed by atoms with van der Waals surface area (Å²) in [5.41, 5.74) is -0.586. The SMILES string of the molecule is CCC1CCCC(Nc2c(F)cc(C(=O)O)cc2F)C1. The number of benzene rings is 1. The minimum absolute atomic E-state index is 0.0494. The number of nitrogens with one attached hydrogen (secondary N) is 1. The summed E-state index contributed by atoms with van der Waals surface area (Å²) in [6, 6.07) is 1.76. The number of halogens is 2. The second-order valence-corrected chi connectivity index (χ2v) is 5.40. The Morgan fingerprint density at radius 2 is 2.00 bits per heavy atom. The van der Waals surface area contributed by atoms with Crippen molar-refractivity contribution in [1.29, 1.82) is 0 Å². The first-order valence-electron chi connectivity index (χ1n) is 7.00. The van der Waals surface area contributed by atoms with Crippen LogP contribution in [0.15, 0.2) is 12.1 Å². The third-order valence-electron chi connectivity index (χ3n) is 4.00. The van der Waals surface area contributed by atoms with Gasteiger partial charge >= 0.3 is 5.97 Å². The standard InChI is InChI=1S/C15H19F2NO2/c1-2-9-4-3-5-11(6-9)18-14-12(16)7-10(15(19)20)8-13(14)17/h7-9,11,18H,2-6H2,1H3,(H,19,20). The smallest absolute Gasteiger partial charge is 0.335 e. The number of anilines is 1. The van der Waals surface area contributed by atoms with Gasteiger partial charge in [-0.05, 0) is 30.9 Å². The predicted molar refractivity (Wildman–Crippen MR) is 73.0 cm³/mol. The van der Waals surface area contributed by atoms with Crippen LogP contribution in [0.2, 0.25) is 0 Å². The van der Waals surface area contributed by atoms with Crippen molar-refractivity contribution < 1.29 is 18.7 Å². The number of aromatic carboxylic acids is 1. The van der Waals surface area contributed by atoms with Gasteiger partial charge < -0.3 is 10.4 Å². The zero-order valence-corrected chi connectivity index (χ0v) is 11.5. The number of hydrogen-bond acceptors (Lipinski definition) is 2. The summed E-state index contributed by atoms with van der Waals surface area (Å²) < 4.78 is 27.7. The quantitative estimate of drug-likeness (QED) is 0.876. The molecule has 2 unspecified atom stereocenters. The second kappa shape index (κ2) is 6.20. The molecule has 1 aromatic rings. The van der Waals surface area contributed by atoms with Crippen LogP contribution >= 0.6 is 0 Å². The molecule has 5 heteroatoms. The molecule has 0 aliphatic heterocycles. The van der Waals surface area contributed by atoms with Crippen LogP contribution in [0, 0.1) is 17.6 Å². The maximum absolute atomic E-state index is 13.8. The van der Waals surface area contributed by atoms with Gasteiger partial charge in [-0.3, -0.25) is 0 Å². The highest BCUT2D eigenvalue weighted by Crippen LogP contribution is 2.30.